The molecule has 0 aliphatic carbocycles. The van der Waals surface area contributed by atoms with Crippen LogP contribution in [0.5, 0.6) is 11.5 Å². The monoisotopic (exact) mass is 494 g/mol. The predicted octanol–water partition coefficient (Wildman–Crippen LogP) is 4.68. The van der Waals surface area contributed by atoms with Crippen LogP contribution in [0.25, 0.3) is 10.9 Å². The fourth-order valence-corrected chi connectivity index (χ4v) is 3.81. The Morgan fingerprint density at radius 1 is 1.00 bits per heavy atom. The maximum absolute atomic E-state index is 13.4. The molecule has 0 spiro atoms. The van der Waals surface area contributed by atoms with E-state index in [0.29, 0.717) is 22.0 Å². The van der Waals surface area contributed by atoms with Crippen LogP contribution >= 0.6 is 11.6 Å². The van der Waals surface area contributed by atoms with Gasteiger partial charge in [0.2, 0.25) is 11.3 Å². The molecular weight excluding hydrogens is 475 g/mol. The van der Waals surface area contributed by atoms with Crippen LogP contribution in [0.15, 0.2) is 71.7 Å². The molecule has 0 aliphatic heterocycles. The molecule has 7 nitrogen and oxygen atoms in total. The molecule has 0 aliphatic rings. The minimum Gasteiger partial charge on any atom is -0.497 e. The van der Waals surface area contributed by atoms with Gasteiger partial charge in [-0.05, 0) is 54.6 Å². The van der Waals surface area contributed by atoms with E-state index in [4.69, 9.17) is 21.1 Å². The van der Waals surface area contributed by atoms with Gasteiger partial charge in [-0.1, -0.05) is 11.6 Å². The summed E-state index contributed by atoms with van der Waals surface area (Å²) in [4.78, 5) is 39.4. The van der Waals surface area contributed by atoms with Crippen molar-refractivity contribution in [2.45, 2.75) is 6.54 Å². The van der Waals surface area contributed by atoms with Crippen LogP contribution in [-0.2, 0) is 11.3 Å². The first-order chi connectivity index (χ1) is 16.8. The Balaban J connectivity index is 1.85. The SMILES string of the molecule is COc1cc(OC)c2c(c1)c(=O)c(C(=O)c1ccc(F)cc1)cn2CC(=O)Nc1ccc(Cl)cc1. The van der Waals surface area contributed by atoms with Crippen molar-refractivity contribution in [3.05, 3.63) is 99.1 Å². The fraction of sp³-hybridized carbons (Fsp3) is 0.115. The molecule has 0 saturated carbocycles. The summed E-state index contributed by atoms with van der Waals surface area (Å²) in [6.45, 7) is -0.230. The van der Waals surface area contributed by atoms with E-state index in [0.717, 1.165) is 12.1 Å². The Kier molecular flexibility index (Phi) is 6.84. The second-order valence-electron chi connectivity index (χ2n) is 7.62. The molecule has 1 amide bonds. The number of halogens is 2. The summed E-state index contributed by atoms with van der Waals surface area (Å²) < 4.78 is 25.6. The zero-order valence-corrected chi connectivity index (χ0v) is 19.6. The largest absolute Gasteiger partial charge is 0.497 e. The number of rotatable bonds is 7. The molecule has 0 atom stereocenters. The maximum Gasteiger partial charge on any atom is 0.244 e. The Bertz CT molecular complexity index is 1480. The van der Waals surface area contributed by atoms with Gasteiger partial charge < -0.3 is 19.4 Å². The lowest BCUT2D eigenvalue weighted by atomic mass is 10.0. The van der Waals surface area contributed by atoms with E-state index in [-0.39, 0.29) is 28.8 Å². The summed E-state index contributed by atoms with van der Waals surface area (Å²) in [5.41, 5.74) is 0.232. The van der Waals surface area contributed by atoms with Crippen LogP contribution in [0, 0.1) is 5.82 Å². The molecule has 4 aromatic rings. The minimum absolute atomic E-state index is 0.133. The predicted molar refractivity (Wildman–Crippen MR) is 131 cm³/mol. The highest BCUT2D eigenvalue weighted by Gasteiger charge is 2.21. The highest BCUT2D eigenvalue weighted by atomic mass is 35.5. The lowest BCUT2D eigenvalue weighted by Gasteiger charge is -2.17. The van der Waals surface area contributed by atoms with Crippen LogP contribution < -0.4 is 20.2 Å². The van der Waals surface area contributed by atoms with Gasteiger partial charge in [0.15, 0.2) is 5.78 Å². The van der Waals surface area contributed by atoms with Gasteiger partial charge in [0.25, 0.3) is 0 Å². The van der Waals surface area contributed by atoms with Crippen LogP contribution in [0.1, 0.15) is 15.9 Å². The molecule has 1 N–H and O–H groups in total. The summed E-state index contributed by atoms with van der Waals surface area (Å²) >= 11 is 5.90. The number of nitrogens with zero attached hydrogens (tertiary/aromatic N) is 1. The molecule has 178 valence electrons. The Morgan fingerprint density at radius 2 is 1.69 bits per heavy atom. The van der Waals surface area contributed by atoms with Crippen molar-refractivity contribution in [3.8, 4) is 11.5 Å². The van der Waals surface area contributed by atoms with Gasteiger partial charge in [-0.25, -0.2) is 4.39 Å². The molecule has 1 heterocycles. The van der Waals surface area contributed by atoms with Crippen molar-refractivity contribution >= 4 is 39.9 Å². The van der Waals surface area contributed by atoms with E-state index in [9.17, 15) is 18.8 Å². The minimum atomic E-state index is -0.606. The lowest BCUT2D eigenvalue weighted by molar-refractivity contribution is -0.116. The van der Waals surface area contributed by atoms with Crippen molar-refractivity contribution in [3.63, 3.8) is 0 Å². The third-order valence-electron chi connectivity index (χ3n) is 5.36. The normalized spacial score (nSPS) is 10.7. The third-order valence-corrected chi connectivity index (χ3v) is 5.61. The van der Waals surface area contributed by atoms with E-state index >= 15 is 0 Å². The summed E-state index contributed by atoms with van der Waals surface area (Å²) in [6.07, 6.45) is 1.31. The Morgan fingerprint density at radius 3 is 2.31 bits per heavy atom. The van der Waals surface area contributed by atoms with Gasteiger partial charge >= 0.3 is 0 Å². The lowest BCUT2D eigenvalue weighted by Crippen LogP contribution is -2.24. The number of carbonyl (C=O) groups is 2. The number of benzene rings is 3. The van der Waals surface area contributed by atoms with E-state index in [1.54, 1.807) is 30.3 Å². The van der Waals surface area contributed by atoms with Gasteiger partial charge in [0.1, 0.15) is 23.9 Å². The van der Waals surface area contributed by atoms with Crippen LogP contribution in [0.3, 0.4) is 0 Å². The standard InChI is InChI=1S/C26H20ClFN2O5/c1-34-19-11-20-24(22(12-19)35-2)30(14-23(31)29-18-9-5-16(27)6-10-18)13-21(26(20)33)25(32)15-3-7-17(28)8-4-15/h3-13H,14H2,1-2H3,(H,29,31). The molecule has 35 heavy (non-hydrogen) atoms. The van der Waals surface area contributed by atoms with Crippen molar-refractivity contribution in [2.75, 3.05) is 19.5 Å². The molecule has 0 unspecified atom stereocenters. The number of ether oxygens (including phenoxy) is 2. The van der Waals surface area contributed by atoms with Crippen LogP contribution in [0.2, 0.25) is 5.02 Å². The van der Waals surface area contributed by atoms with Gasteiger partial charge in [-0.2, -0.15) is 0 Å². The summed E-state index contributed by atoms with van der Waals surface area (Å²) in [6, 6.07) is 14.5. The number of fused-ring (bicyclic) bond motifs is 1. The van der Waals surface area contributed by atoms with Gasteiger partial charge in [-0.15, -0.1) is 0 Å². The third kappa shape index (κ3) is 5.02. The fourth-order valence-electron chi connectivity index (χ4n) is 3.68. The smallest absolute Gasteiger partial charge is 0.244 e. The summed E-state index contributed by atoms with van der Waals surface area (Å²) in [7, 11) is 2.86. The first kappa shape index (κ1) is 24.0. The zero-order chi connectivity index (χ0) is 25.1. The van der Waals surface area contributed by atoms with Gasteiger partial charge in [0.05, 0.1) is 30.7 Å². The first-order valence-corrected chi connectivity index (χ1v) is 10.8. The second-order valence-corrected chi connectivity index (χ2v) is 8.05. The zero-order valence-electron chi connectivity index (χ0n) is 18.8. The number of hydrogen-bond donors (Lipinski definition) is 1. The number of amides is 1. The Hall–Kier alpha value is -4.17. The van der Waals surface area contributed by atoms with Crippen molar-refractivity contribution in [1.29, 1.82) is 0 Å². The number of aromatic nitrogens is 1. The Labute approximate surface area is 204 Å². The molecule has 0 fully saturated rings. The highest BCUT2D eigenvalue weighted by molar-refractivity contribution is 6.30. The maximum atomic E-state index is 13.4. The number of methoxy groups -OCH3 is 2. The number of nitrogens with one attached hydrogen (secondary N) is 1. The second kappa shape index (κ2) is 9.99. The van der Waals surface area contributed by atoms with Crippen LogP contribution in [0.4, 0.5) is 10.1 Å². The molecule has 1 aromatic heterocycles. The van der Waals surface area contributed by atoms with E-state index in [1.807, 2.05) is 0 Å². The summed E-state index contributed by atoms with van der Waals surface area (Å²) in [5, 5.41) is 3.41. The first-order valence-electron chi connectivity index (χ1n) is 10.5. The molecular formula is C26H20ClFN2O5. The number of anilines is 1. The van der Waals surface area contributed by atoms with Gasteiger partial charge in [0, 0.05) is 28.5 Å². The molecule has 0 saturated heterocycles. The molecule has 0 bridgehead atoms. The average Bonchev–Trinajstić information content (AvgIpc) is 2.86. The van der Waals surface area contributed by atoms with Crippen molar-refractivity contribution < 1.29 is 23.5 Å². The summed E-state index contributed by atoms with van der Waals surface area (Å²) in [5.74, 6) is -0.891. The van der Waals surface area contributed by atoms with Crippen molar-refractivity contribution in [2.24, 2.45) is 0 Å². The number of pyridine rings is 1. The number of ketones is 1. The molecule has 3 aromatic carbocycles. The van der Waals surface area contributed by atoms with E-state index in [2.05, 4.69) is 5.32 Å². The van der Waals surface area contributed by atoms with Gasteiger partial charge in [-0.3, -0.25) is 14.4 Å². The van der Waals surface area contributed by atoms with E-state index < -0.39 is 22.9 Å². The molecule has 9 heteroatoms. The van der Waals surface area contributed by atoms with E-state index in [1.165, 1.54) is 43.2 Å². The molecule has 4 rings (SSSR count). The number of hydrogen-bond acceptors (Lipinski definition) is 5. The van der Waals surface area contributed by atoms with Crippen LogP contribution in [-0.4, -0.2) is 30.5 Å². The van der Waals surface area contributed by atoms with Crippen molar-refractivity contribution in [1.82, 2.24) is 4.57 Å². The average molecular weight is 495 g/mol. The topological polar surface area (TPSA) is 86.6 Å². The highest BCUT2D eigenvalue weighted by Crippen LogP contribution is 2.30. The quantitative estimate of drug-likeness (QED) is 0.377. The number of carbonyl (C=O) groups excluding carboxylic acids is 2. The molecule has 0 radical (unpaired) electrons.